The second-order valence-electron chi connectivity index (χ2n) is 12.8. The minimum absolute atomic E-state index is 0.645. The third-order valence-corrected chi connectivity index (χ3v) is 11.4. The van der Waals surface area contributed by atoms with Gasteiger partial charge in [0, 0.05) is 63.9 Å². The summed E-state index contributed by atoms with van der Waals surface area (Å²) in [6.07, 6.45) is 0. The summed E-state index contributed by atoms with van der Waals surface area (Å²) >= 11 is 1.81. The molecule has 0 aliphatic carbocycles. The molecule has 0 bridgehead atoms. The van der Waals surface area contributed by atoms with Gasteiger partial charge in [-0.1, -0.05) is 42.5 Å². The van der Waals surface area contributed by atoms with Crippen LogP contribution in [0.1, 0.15) is 11.1 Å². The molecule has 5 nitrogen and oxygen atoms in total. The van der Waals surface area contributed by atoms with Crippen LogP contribution < -0.4 is 0 Å². The normalized spacial score (nSPS) is 12.0. The highest BCUT2D eigenvalue weighted by atomic mass is 32.1. The molecule has 7 aromatic carbocycles. The van der Waals surface area contributed by atoms with Gasteiger partial charge in [0.15, 0.2) is 0 Å². The Morgan fingerprint density at radius 2 is 1.04 bits per heavy atom. The molecule has 0 saturated carbocycles. The van der Waals surface area contributed by atoms with E-state index < -0.39 is 0 Å². The molecule has 4 aromatic heterocycles. The van der Waals surface area contributed by atoms with Crippen LogP contribution in [-0.2, 0) is 0 Å². The lowest BCUT2D eigenvalue weighted by molar-refractivity contribution is 0.669. The summed E-state index contributed by atoms with van der Waals surface area (Å²) in [5.41, 5.74) is 9.27. The zero-order valence-electron chi connectivity index (χ0n) is 26.3. The van der Waals surface area contributed by atoms with Crippen molar-refractivity contribution in [3.05, 3.63) is 145 Å². The maximum atomic E-state index is 9.87. The van der Waals surface area contributed by atoms with Gasteiger partial charge in [0.05, 0.1) is 45.3 Å². The third-order valence-electron chi connectivity index (χ3n) is 10.2. The average molecular weight is 655 g/mol. The van der Waals surface area contributed by atoms with Crippen LogP contribution in [0.5, 0.6) is 0 Å². The predicted octanol–water partition coefficient (Wildman–Crippen LogP) is 11.9. The lowest BCUT2D eigenvalue weighted by Gasteiger charge is -2.09. The van der Waals surface area contributed by atoms with Crippen molar-refractivity contribution >= 4 is 97.1 Å². The van der Waals surface area contributed by atoms with E-state index in [0.29, 0.717) is 11.1 Å². The number of fused-ring (bicyclic) bond motifs is 13. The van der Waals surface area contributed by atoms with Crippen LogP contribution in [0.3, 0.4) is 0 Å². The van der Waals surface area contributed by atoms with Gasteiger partial charge in [-0.3, -0.25) is 0 Å². The lowest BCUT2D eigenvalue weighted by Crippen LogP contribution is -1.94. The summed E-state index contributed by atoms with van der Waals surface area (Å²) in [4.78, 5) is 0. The highest BCUT2D eigenvalue weighted by molar-refractivity contribution is 7.26. The van der Waals surface area contributed by atoms with Crippen molar-refractivity contribution in [2.75, 3.05) is 0 Å². The molecule has 4 heterocycles. The third kappa shape index (κ3) is 3.58. The number of furan rings is 1. The zero-order valence-corrected chi connectivity index (χ0v) is 27.1. The fourth-order valence-corrected chi connectivity index (χ4v) is 9.25. The summed E-state index contributed by atoms with van der Waals surface area (Å²) in [6.45, 7) is 0. The van der Waals surface area contributed by atoms with Crippen molar-refractivity contribution in [3.63, 3.8) is 0 Å². The molecule has 0 aliphatic rings. The first-order chi connectivity index (χ1) is 24.7. The molecule has 0 radical (unpaired) electrons. The van der Waals surface area contributed by atoms with E-state index in [-0.39, 0.29) is 0 Å². The Morgan fingerprint density at radius 3 is 1.76 bits per heavy atom. The van der Waals surface area contributed by atoms with E-state index >= 15 is 0 Å². The quantitative estimate of drug-likeness (QED) is 0.186. The molecular weight excluding hydrogens is 633 g/mol. The monoisotopic (exact) mass is 654 g/mol. The van der Waals surface area contributed by atoms with Crippen LogP contribution in [0, 0.1) is 22.7 Å². The number of nitrogens with zero attached hydrogens (tertiary/aromatic N) is 4. The number of hydrogen-bond acceptors (Lipinski definition) is 4. The van der Waals surface area contributed by atoms with E-state index in [4.69, 9.17) is 4.42 Å². The van der Waals surface area contributed by atoms with Crippen LogP contribution in [0.25, 0.3) is 97.1 Å². The molecule has 50 heavy (non-hydrogen) atoms. The SMILES string of the molecule is N#Cc1ccc2c(c1)c1ccccc1n2-c1ccc2oc3ccc(-n4c5ccc(C#N)cc5c5c6sc7ccccc7c6ccc54)cc3c2c1. The number of nitriles is 2. The van der Waals surface area contributed by atoms with Gasteiger partial charge in [0.25, 0.3) is 0 Å². The molecule has 230 valence electrons. The largest absolute Gasteiger partial charge is 0.456 e. The smallest absolute Gasteiger partial charge is 0.135 e. The second kappa shape index (κ2) is 9.84. The maximum absolute atomic E-state index is 9.87. The van der Waals surface area contributed by atoms with Crippen molar-refractivity contribution in [3.8, 4) is 23.5 Å². The van der Waals surface area contributed by atoms with Crippen LogP contribution in [-0.4, -0.2) is 9.13 Å². The second-order valence-corrected chi connectivity index (χ2v) is 13.8. The van der Waals surface area contributed by atoms with E-state index in [0.717, 1.165) is 71.5 Å². The van der Waals surface area contributed by atoms with Crippen molar-refractivity contribution in [1.29, 1.82) is 10.5 Å². The summed E-state index contributed by atoms with van der Waals surface area (Å²) in [6, 6.07) is 50.7. The van der Waals surface area contributed by atoms with Gasteiger partial charge < -0.3 is 13.6 Å². The number of para-hydroxylation sites is 1. The lowest BCUT2D eigenvalue weighted by atomic mass is 10.1. The first-order valence-electron chi connectivity index (χ1n) is 16.4. The predicted molar refractivity (Wildman–Crippen MR) is 205 cm³/mol. The molecule has 0 unspecified atom stereocenters. The molecule has 6 heteroatoms. The highest BCUT2D eigenvalue weighted by Crippen LogP contribution is 2.44. The number of aromatic nitrogens is 2. The Morgan fingerprint density at radius 1 is 0.460 bits per heavy atom. The Kier molecular flexibility index (Phi) is 5.34. The Balaban J connectivity index is 1.18. The zero-order chi connectivity index (χ0) is 33.1. The maximum Gasteiger partial charge on any atom is 0.135 e. The highest BCUT2D eigenvalue weighted by Gasteiger charge is 2.20. The molecule has 11 rings (SSSR count). The molecule has 11 aromatic rings. The fourth-order valence-electron chi connectivity index (χ4n) is 7.99. The van der Waals surface area contributed by atoms with Crippen LogP contribution in [0.15, 0.2) is 138 Å². The molecular formula is C44H22N4OS. The van der Waals surface area contributed by atoms with Crippen molar-refractivity contribution in [2.45, 2.75) is 0 Å². The van der Waals surface area contributed by atoms with Crippen molar-refractivity contribution < 1.29 is 4.42 Å². The van der Waals surface area contributed by atoms with E-state index in [1.807, 2.05) is 47.7 Å². The van der Waals surface area contributed by atoms with Gasteiger partial charge in [0.1, 0.15) is 11.2 Å². The first-order valence-corrected chi connectivity index (χ1v) is 17.2. The van der Waals surface area contributed by atoms with Crippen LogP contribution >= 0.6 is 11.3 Å². The molecule has 0 N–H and O–H groups in total. The van der Waals surface area contributed by atoms with Gasteiger partial charge in [-0.25, -0.2) is 0 Å². The van der Waals surface area contributed by atoms with E-state index in [2.05, 4.69) is 118 Å². The van der Waals surface area contributed by atoms with Crippen LogP contribution in [0.2, 0.25) is 0 Å². The number of hydrogen-bond donors (Lipinski definition) is 0. The number of thiophene rings is 1. The molecule has 0 atom stereocenters. The van der Waals surface area contributed by atoms with E-state index in [9.17, 15) is 10.5 Å². The number of rotatable bonds is 2. The van der Waals surface area contributed by atoms with Gasteiger partial charge in [-0.2, -0.15) is 10.5 Å². The van der Waals surface area contributed by atoms with Gasteiger partial charge in [-0.05, 0) is 91.0 Å². The summed E-state index contributed by atoms with van der Waals surface area (Å²) in [5.74, 6) is 0. The van der Waals surface area contributed by atoms with Gasteiger partial charge in [-0.15, -0.1) is 11.3 Å². The Bertz CT molecular complexity index is 3360. The average Bonchev–Trinajstić information content (AvgIpc) is 3.91. The van der Waals surface area contributed by atoms with Crippen LogP contribution in [0.4, 0.5) is 0 Å². The summed E-state index contributed by atoms with van der Waals surface area (Å²) < 4.78 is 13.5. The molecule has 0 amide bonds. The van der Waals surface area contributed by atoms with E-state index in [1.165, 1.54) is 25.6 Å². The summed E-state index contributed by atoms with van der Waals surface area (Å²) in [7, 11) is 0. The molecule has 0 aliphatic heterocycles. The summed E-state index contributed by atoms with van der Waals surface area (Å²) in [5, 5.41) is 28.4. The number of benzene rings is 7. The van der Waals surface area contributed by atoms with Gasteiger partial charge >= 0.3 is 0 Å². The fraction of sp³-hybridized carbons (Fsp3) is 0. The minimum atomic E-state index is 0.645. The molecule has 0 fully saturated rings. The standard InChI is InChI=1S/C44H22N4OS/c45-23-25-9-14-37-32(19-25)29-5-1-3-7-36(29)47(37)27-11-17-40-33(21-27)34-22-28(12-18-41(34)49-40)48-38-15-10-26(24-46)20-35(38)43-39(48)16-13-31-30-6-2-4-8-42(30)50-44(31)43/h1-22H. The van der Waals surface area contributed by atoms with Crippen molar-refractivity contribution in [2.24, 2.45) is 0 Å². The minimum Gasteiger partial charge on any atom is -0.456 e. The first kappa shape index (κ1) is 27.1. The molecule has 0 spiro atoms. The molecule has 0 saturated heterocycles. The van der Waals surface area contributed by atoms with Crippen molar-refractivity contribution in [1.82, 2.24) is 9.13 Å². The topological polar surface area (TPSA) is 70.6 Å². The Labute approximate surface area is 288 Å². The van der Waals surface area contributed by atoms with E-state index in [1.54, 1.807) is 0 Å². The Hall–Kier alpha value is -6.86. The van der Waals surface area contributed by atoms with Gasteiger partial charge in [0.2, 0.25) is 0 Å².